The van der Waals surface area contributed by atoms with Crippen LogP contribution in [0.25, 0.3) is 0 Å². The maximum Gasteiger partial charge on any atom is 0.226 e. The summed E-state index contributed by atoms with van der Waals surface area (Å²) in [7, 11) is 1.84. The molecule has 0 aliphatic carbocycles. The lowest BCUT2D eigenvalue weighted by atomic mass is 10.1. The monoisotopic (exact) mass is 262 g/mol. The van der Waals surface area contributed by atoms with Crippen LogP contribution < -0.4 is 5.73 Å². The molecule has 1 unspecified atom stereocenters. The Labute approximate surface area is 107 Å². The van der Waals surface area contributed by atoms with Gasteiger partial charge >= 0.3 is 0 Å². The number of nitrogens with zero attached hydrogens (tertiary/aromatic N) is 1. The molecule has 0 saturated heterocycles. The van der Waals surface area contributed by atoms with E-state index in [-0.39, 0.29) is 24.2 Å². The van der Waals surface area contributed by atoms with Crippen molar-refractivity contribution in [1.82, 2.24) is 4.90 Å². The number of carbonyl (C=O) groups is 1. The van der Waals surface area contributed by atoms with Crippen molar-refractivity contribution >= 4 is 29.7 Å². The fourth-order valence-electron chi connectivity index (χ4n) is 1.32. The van der Waals surface area contributed by atoms with Crippen LogP contribution in [-0.2, 0) is 11.2 Å². The Morgan fingerprint density at radius 3 is 2.81 bits per heavy atom. The maximum absolute atomic E-state index is 11.7. The number of rotatable bonds is 5. The molecule has 1 atom stereocenters. The zero-order valence-corrected chi connectivity index (χ0v) is 11.3. The molecule has 16 heavy (non-hydrogen) atoms. The van der Waals surface area contributed by atoms with Crippen molar-refractivity contribution in [3.05, 3.63) is 22.4 Å². The van der Waals surface area contributed by atoms with Crippen LogP contribution in [0.2, 0.25) is 0 Å². The van der Waals surface area contributed by atoms with Gasteiger partial charge in [-0.2, -0.15) is 0 Å². The first-order valence-electron chi connectivity index (χ1n) is 5.12. The van der Waals surface area contributed by atoms with E-state index in [1.54, 1.807) is 16.2 Å². The van der Waals surface area contributed by atoms with Gasteiger partial charge in [0.05, 0.1) is 0 Å². The molecule has 0 aliphatic rings. The first-order chi connectivity index (χ1) is 7.15. The zero-order valence-electron chi connectivity index (χ0n) is 9.68. The number of nitrogens with two attached hydrogens (primary N) is 1. The predicted molar refractivity (Wildman–Crippen MR) is 71.1 cm³/mol. The normalized spacial score (nSPS) is 11.7. The molecule has 1 aromatic heterocycles. The van der Waals surface area contributed by atoms with E-state index >= 15 is 0 Å². The van der Waals surface area contributed by atoms with Crippen molar-refractivity contribution in [3.63, 3.8) is 0 Å². The minimum absolute atomic E-state index is 0. The number of hydrogen-bond donors (Lipinski definition) is 1. The lowest BCUT2D eigenvalue weighted by molar-refractivity contribution is -0.133. The fraction of sp³-hybridized carbons (Fsp3) is 0.545. The van der Waals surface area contributed by atoms with E-state index < -0.39 is 0 Å². The summed E-state index contributed by atoms with van der Waals surface area (Å²) in [5.41, 5.74) is 5.46. The van der Waals surface area contributed by atoms with E-state index in [2.05, 4.69) is 11.4 Å². The average molecular weight is 263 g/mol. The summed E-state index contributed by atoms with van der Waals surface area (Å²) in [5, 5.41) is 2.06. The van der Waals surface area contributed by atoms with Gasteiger partial charge in [-0.25, -0.2) is 0 Å². The van der Waals surface area contributed by atoms with Gasteiger partial charge in [0.25, 0.3) is 0 Å². The summed E-state index contributed by atoms with van der Waals surface area (Å²) in [4.78, 5) is 14.8. The average Bonchev–Trinajstić information content (AvgIpc) is 2.76. The van der Waals surface area contributed by atoms with Crippen LogP contribution in [0.5, 0.6) is 0 Å². The van der Waals surface area contributed by atoms with Crippen LogP contribution >= 0.6 is 23.7 Å². The maximum atomic E-state index is 11.7. The van der Waals surface area contributed by atoms with E-state index in [4.69, 9.17) is 5.73 Å². The highest BCUT2D eigenvalue weighted by Crippen LogP contribution is 2.10. The number of amides is 1. The summed E-state index contributed by atoms with van der Waals surface area (Å²) in [6.45, 7) is 3.05. The van der Waals surface area contributed by atoms with Crippen LogP contribution in [0.1, 0.15) is 11.8 Å². The lowest BCUT2D eigenvalue weighted by Gasteiger charge is -2.20. The predicted octanol–water partition coefficient (Wildman–Crippen LogP) is 1.77. The molecule has 5 heteroatoms. The molecule has 3 nitrogen and oxygen atoms in total. The SMILES string of the molecule is CC(CN)C(=O)N(C)CCc1cccs1.Cl. The van der Waals surface area contributed by atoms with E-state index in [0.29, 0.717) is 6.54 Å². The Bertz CT molecular complexity index is 303. The van der Waals surface area contributed by atoms with E-state index in [1.807, 2.05) is 20.0 Å². The second-order valence-corrected chi connectivity index (χ2v) is 4.76. The Hall–Kier alpha value is -0.580. The second kappa shape index (κ2) is 7.65. The topological polar surface area (TPSA) is 46.3 Å². The van der Waals surface area contributed by atoms with Gasteiger partial charge in [0.15, 0.2) is 0 Å². The molecule has 1 aromatic rings. The van der Waals surface area contributed by atoms with Gasteiger partial charge in [0, 0.05) is 30.9 Å². The molecule has 1 heterocycles. The highest BCUT2D eigenvalue weighted by molar-refractivity contribution is 7.09. The van der Waals surface area contributed by atoms with Crippen molar-refractivity contribution in [2.24, 2.45) is 11.7 Å². The second-order valence-electron chi connectivity index (χ2n) is 3.73. The third kappa shape index (κ3) is 4.51. The number of thiophene rings is 1. The van der Waals surface area contributed by atoms with Crippen LogP contribution in [0.4, 0.5) is 0 Å². The lowest BCUT2D eigenvalue weighted by Crippen LogP contribution is -2.36. The molecule has 0 saturated carbocycles. The molecule has 2 N–H and O–H groups in total. The summed E-state index contributed by atoms with van der Waals surface area (Å²) >= 11 is 1.73. The molecule has 1 amide bonds. The van der Waals surface area contributed by atoms with E-state index in [1.165, 1.54) is 4.88 Å². The van der Waals surface area contributed by atoms with Crippen molar-refractivity contribution in [1.29, 1.82) is 0 Å². The van der Waals surface area contributed by atoms with Gasteiger partial charge in [-0.05, 0) is 17.9 Å². The van der Waals surface area contributed by atoms with Gasteiger partial charge in [-0.3, -0.25) is 4.79 Å². The van der Waals surface area contributed by atoms with Gasteiger partial charge in [0.1, 0.15) is 0 Å². The quantitative estimate of drug-likeness (QED) is 0.879. The van der Waals surface area contributed by atoms with E-state index in [0.717, 1.165) is 13.0 Å². The molecular formula is C11H19ClN2OS. The summed E-state index contributed by atoms with van der Waals surface area (Å²) in [5.74, 6) is 0.0624. The third-order valence-corrected chi connectivity index (χ3v) is 3.36. The Balaban J connectivity index is 0.00000225. The van der Waals surface area contributed by atoms with Crippen LogP contribution in [0, 0.1) is 5.92 Å². The Kier molecular flexibility index (Phi) is 7.38. The zero-order chi connectivity index (χ0) is 11.3. The van der Waals surface area contributed by atoms with Crippen molar-refractivity contribution in [2.45, 2.75) is 13.3 Å². The molecule has 0 aromatic carbocycles. The molecule has 0 aliphatic heterocycles. The summed E-state index contributed by atoms with van der Waals surface area (Å²) in [6, 6.07) is 4.12. The van der Waals surface area contributed by atoms with E-state index in [9.17, 15) is 4.79 Å². The molecule has 92 valence electrons. The molecule has 0 bridgehead atoms. The largest absolute Gasteiger partial charge is 0.345 e. The standard InChI is InChI=1S/C11H18N2OS.ClH/c1-9(8-12)11(14)13(2)6-5-10-4-3-7-15-10;/h3-4,7,9H,5-6,8,12H2,1-2H3;1H. The Morgan fingerprint density at radius 2 is 2.31 bits per heavy atom. The van der Waals surface area contributed by atoms with Crippen LogP contribution in [-0.4, -0.2) is 30.9 Å². The molecule has 0 spiro atoms. The van der Waals surface area contributed by atoms with Gasteiger partial charge in [0.2, 0.25) is 5.91 Å². The number of halogens is 1. The van der Waals surface area contributed by atoms with Crippen molar-refractivity contribution < 1.29 is 4.79 Å². The minimum atomic E-state index is -0.0710. The third-order valence-electron chi connectivity index (χ3n) is 2.43. The molecular weight excluding hydrogens is 244 g/mol. The molecule has 0 radical (unpaired) electrons. The highest BCUT2D eigenvalue weighted by atomic mass is 35.5. The van der Waals surface area contributed by atoms with Gasteiger partial charge in [-0.15, -0.1) is 23.7 Å². The minimum Gasteiger partial charge on any atom is -0.345 e. The number of carbonyl (C=O) groups excluding carboxylic acids is 1. The number of likely N-dealkylation sites (N-methyl/N-ethyl adjacent to an activating group) is 1. The highest BCUT2D eigenvalue weighted by Gasteiger charge is 2.15. The number of hydrogen-bond acceptors (Lipinski definition) is 3. The smallest absolute Gasteiger partial charge is 0.226 e. The van der Waals surface area contributed by atoms with Gasteiger partial charge in [-0.1, -0.05) is 13.0 Å². The molecule has 1 rings (SSSR count). The van der Waals surface area contributed by atoms with Gasteiger partial charge < -0.3 is 10.6 Å². The fourth-order valence-corrected chi connectivity index (χ4v) is 2.02. The Morgan fingerprint density at radius 1 is 1.62 bits per heavy atom. The first kappa shape index (κ1) is 15.4. The molecule has 0 fully saturated rings. The van der Waals surface area contributed by atoms with Crippen molar-refractivity contribution in [3.8, 4) is 0 Å². The van der Waals surface area contributed by atoms with Crippen molar-refractivity contribution in [2.75, 3.05) is 20.1 Å². The summed E-state index contributed by atoms with van der Waals surface area (Å²) < 4.78 is 0. The van der Waals surface area contributed by atoms with Crippen LogP contribution in [0.15, 0.2) is 17.5 Å². The first-order valence-corrected chi connectivity index (χ1v) is 6.00. The summed E-state index contributed by atoms with van der Waals surface area (Å²) in [6.07, 6.45) is 0.928. The van der Waals surface area contributed by atoms with Crippen LogP contribution in [0.3, 0.4) is 0 Å².